The Morgan fingerprint density at radius 2 is 1.72 bits per heavy atom. The maximum absolute atomic E-state index is 11.1. The molecule has 2 aromatic rings. The summed E-state index contributed by atoms with van der Waals surface area (Å²) in [6, 6.07) is 15.8. The molecule has 0 unspecified atom stereocenters. The fraction of sp³-hybridized carbons (Fsp3) is 0.350. The summed E-state index contributed by atoms with van der Waals surface area (Å²) in [6.07, 6.45) is 0. The van der Waals surface area contributed by atoms with E-state index >= 15 is 0 Å². The number of para-hydroxylation sites is 2. The van der Waals surface area contributed by atoms with Gasteiger partial charge in [-0.3, -0.25) is 9.69 Å². The average Bonchev–Trinajstić information content (AvgIpc) is 2.64. The third kappa shape index (κ3) is 4.31. The van der Waals surface area contributed by atoms with Gasteiger partial charge in [0.15, 0.2) is 0 Å². The second-order valence-corrected chi connectivity index (χ2v) is 6.23. The first-order valence-electron chi connectivity index (χ1n) is 8.75. The lowest BCUT2D eigenvalue weighted by Gasteiger charge is -2.36. The molecule has 0 atom stereocenters. The van der Waals surface area contributed by atoms with Crippen molar-refractivity contribution < 1.29 is 9.53 Å². The van der Waals surface area contributed by atoms with Crippen molar-refractivity contribution in [2.45, 2.75) is 13.5 Å². The van der Waals surface area contributed by atoms with Gasteiger partial charge in [0.25, 0.3) is 0 Å². The van der Waals surface area contributed by atoms with Gasteiger partial charge >= 0.3 is 0 Å². The van der Waals surface area contributed by atoms with E-state index in [2.05, 4.69) is 21.9 Å². The maximum atomic E-state index is 11.1. The summed E-state index contributed by atoms with van der Waals surface area (Å²) in [5, 5.41) is 0. The third-order valence-corrected chi connectivity index (χ3v) is 4.52. The van der Waals surface area contributed by atoms with Crippen LogP contribution in [0.25, 0.3) is 0 Å². The van der Waals surface area contributed by atoms with Crippen LogP contribution in [0.5, 0.6) is 5.75 Å². The highest BCUT2D eigenvalue weighted by atomic mass is 16.5. The molecule has 0 bridgehead atoms. The molecule has 5 heteroatoms. The number of nitrogens with zero attached hydrogens (tertiary/aromatic N) is 2. The second kappa shape index (κ2) is 8.03. The van der Waals surface area contributed by atoms with Gasteiger partial charge in [0.1, 0.15) is 5.75 Å². The Labute approximate surface area is 149 Å². The molecule has 132 valence electrons. The van der Waals surface area contributed by atoms with Gasteiger partial charge in [-0.25, -0.2) is 0 Å². The van der Waals surface area contributed by atoms with Crippen molar-refractivity contribution in [3.8, 4) is 5.75 Å². The molecule has 1 aliphatic heterocycles. The van der Waals surface area contributed by atoms with Crippen molar-refractivity contribution in [1.82, 2.24) is 4.90 Å². The van der Waals surface area contributed by atoms with Crippen LogP contribution in [0.2, 0.25) is 0 Å². The van der Waals surface area contributed by atoms with Gasteiger partial charge in [-0.15, -0.1) is 0 Å². The van der Waals surface area contributed by atoms with Gasteiger partial charge in [-0.1, -0.05) is 24.3 Å². The topological polar surface area (TPSA) is 58.8 Å². The summed E-state index contributed by atoms with van der Waals surface area (Å²) in [7, 11) is 0. The van der Waals surface area contributed by atoms with Crippen molar-refractivity contribution in [3.63, 3.8) is 0 Å². The van der Waals surface area contributed by atoms with Crippen LogP contribution in [-0.4, -0.2) is 43.6 Å². The Balaban J connectivity index is 1.58. The molecule has 0 aromatic heterocycles. The molecular weight excluding hydrogens is 314 g/mol. The molecular formula is C20H25N3O2. The van der Waals surface area contributed by atoms with Gasteiger partial charge in [-0.2, -0.15) is 0 Å². The molecule has 1 saturated heterocycles. The van der Waals surface area contributed by atoms with E-state index in [9.17, 15) is 4.79 Å². The number of hydrogen-bond donors (Lipinski definition) is 1. The number of carbonyl (C=O) groups excluding carboxylic acids is 1. The molecule has 1 amide bonds. The Hall–Kier alpha value is -2.53. The van der Waals surface area contributed by atoms with Crippen molar-refractivity contribution >= 4 is 11.6 Å². The molecule has 0 aliphatic carbocycles. The molecule has 1 aliphatic rings. The number of amides is 1. The minimum atomic E-state index is -0.381. The fourth-order valence-electron chi connectivity index (χ4n) is 3.18. The molecule has 5 nitrogen and oxygen atoms in total. The lowest BCUT2D eigenvalue weighted by Crippen LogP contribution is -2.46. The summed E-state index contributed by atoms with van der Waals surface area (Å²) in [5.41, 5.74) is 8.22. The minimum absolute atomic E-state index is 0.381. The van der Waals surface area contributed by atoms with Crippen LogP contribution in [0.15, 0.2) is 48.5 Å². The molecule has 1 fully saturated rings. The Kier molecular flexibility index (Phi) is 5.56. The maximum Gasteiger partial charge on any atom is 0.248 e. The molecule has 0 radical (unpaired) electrons. The normalized spacial score (nSPS) is 15.2. The number of rotatable bonds is 6. The molecule has 1 heterocycles. The highest BCUT2D eigenvalue weighted by Gasteiger charge is 2.19. The average molecular weight is 339 g/mol. The summed E-state index contributed by atoms with van der Waals surface area (Å²) in [5.74, 6) is 0.577. The SMILES string of the molecule is CCOc1ccccc1N1CCN(Cc2ccc(C(N)=O)cc2)CC1. The Morgan fingerprint density at radius 1 is 1.04 bits per heavy atom. The van der Waals surface area contributed by atoms with Gasteiger partial charge < -0.3 is 15.4 Å². The number of piperazine rings is 1. The molecule has 2 aromatic carbocycles. The zero-order valence-electron chi connectivity index (χ0n) is 14.6. The van der Waals surface area contributed by atoms with Crippen molar-refractivity contribution in [1.29, 1.82) is 0 Å². The van der Waals surface area contributed by atoms with E-state index in [1.54, 1.807) is 12.1 Å². The van der Waals surface area contributed by atoms with Crippen LogP contribution in [0.4, 0.5) is 5.69 Å². The van der Waals surface area contributed by atoms with Crippen LogP contribution < -0.4 is 15.4 Å². The zero-order valence-corrected chi connectivity index (χ0v) is 14.6. The summed E-state index contributed by atoms with van der Waals surface area (Å²) in [6.45, 7) is 7.53. The number of ether oxygens (including phenoxy) is 1. The van der Waals surface area contributed by atoms with Crippen LogP contribution in [-0.2, 0) is 6.54 Å². The van der Waals surface area contributed by atoms with E-state index < -0.39 is 0 Å². The van der Waals surface area contributed by atoms with Crippen LogP contribution in [0, 0.1) is 0 Å². The van der Waals surface area contributed by atoms with Crippen LogP contribution in [0.3, 0.4) is 0 Å². The Morgan fingerprint density at radius 3 is 2.36 bits per heavy atom. The number of hydrogen-bond acceptors (Lipinski definition) is 4. The zero-order chi connectivity index (χ0) is 17.6. The summed E-state index contributed by atoms with van der Waals surface area (Å²) < 4.78 is 5.75. The fourth-order valence-corrected chi connectivity index (χ4v) is 3.18. The van der Waals surface area contributed by atoms with Gasteiger partial charge in [0.05, 0.1) is 12.3 Å². The highest BCUT2D eigenvalue weighted by molar-refractivity contribution is 5.92. The van der Waals surface area contributed by atoms with Gasteiger partial charge in [0, 0.05) is 38.3 Å². The summed E-state index contributed by atoms with van der Waals surface area (Å²) in [4.78, 5) is 16.0. The number of primary amides is 1. The Bertz CT molecular complexity index is 707. The van der Waals surface area contributed by atoms with E-state index in [0.717, 1.165) is 38.5 Å². The first-order chi connectivity index (χ1) is 12.2. The van der Waals surface area contributed by atoms with Crippen LogP contribution in [0.1, 0.15) is 22.8 Å². The predicted octanol–water partition coefficient (Wildman–Crippen LogP) is 2.51. The van der Waals surface area contributed by atoms with Gasteiger partial charge in [0.2, 0.25) is 5.91 Å². The van der Waals surface area contributed by atoms with E-state index in [-0.39, 0.29) is 5.91 Å². The lowest BCUT2D eigenvalue weighted by atomic mass is 10.1. The second-order valence-electron chi connectivity index (χ2n) is 6.23. The van der Waals surface area contributed by atoms with Crippen molar-refractivity contribution in [2.24, 2.45) is 5.73 Å². The molecule has 0 spiro atoms. The third-order valence-electron chi connectivity index (χ3n) is 4.52. The van der Waals surface area contributed by atoms with E-state index in [1.807, 2.05) is 31.2 Å². The largest absolute Gasteiger partial charge is 0.492 e. The summed E-state index contributed by atoms with van der Waals surface area (Å²) >= 11 is 0. The smallest absolute Gasteiger partial charge is 0.248 e. The highest BCUT2D eigenvalue weighted by Crippen LogP contribution is 2.29. The predicted molar refractivity (Wildman–Crippen MR) is 100 cm³/mol. The van der Waals surface area contributed by atoms with Crippen molar-refractivity contribution in [3.05, 3.63) is 59.7 Å². The van der Waals surface area contributed by atoms with E-state index in [4.69, 9.17) is 10.5 Å². The number of anilines is 1. The van der Waals surface area contributed by atoms with Gasteiger partial charge in [-0.05, 0) is 36.8 Å². The monoisotopic (exact) mass is 339 g/mol. The van der Waals surface area contributed by atoms with E-state index in [1.165, 1.54) is 11.3 Å². The number of carbonyl (C=O) groups is 1. The van der Waals surface area contributed by atoms with Crippen molar-refractivity contribution in [2.75, 3.05) is 37.7 Å². The molecule has 0 saturated carbocycles. The van der Waals surface area contributed by atoms with Crippen LogP contribution >= 0.6 is 0 Å². The number of nitrogens with two attached hydrogens (primary N) is 1. The standard InChI is InChI=1S/C20H25N3O2/c1-2-25-19-6-4-3-5-18(19)23-13-11-22(12-14-23)15-16-7-9-17(10-8-16)20(21)24/h3-10H,2,11-15H2,1H3,(H2,21,24). The molecule has 2 N–H and O–H groups in total. The number of benzene rings is 2. The first-order valence-corrected chi connectivity index (χ1v) is 8.75. The first kappa shape index (κ1) is 17.3. The molecule has 3 rings (SSSR count). The molecule has 25 heavy (non-hydrogen) atoms. The quantitative estimate of drug-likeness (QED) is 0.878. The minimum Gasteiger partial charge on any atom is -0.492 e. The van der Waals surface area contributed by atoms with E-state index in [0.29, 0.717) is 12.2 Å². The lowest BCUT2D eigenvalue weighted by molar-refractivity contribution is 0.100.